The van der Waals surface area contributed by atoms with E-state index in [-0.39, 0.29) is 11.9 Å². The van der Waals surface area contributed by atoms with Crippen LogP contribution in [0.3, 0.4) is 0 Å². The summed E-state index contributed by atoms with van der Waals surface area (Å²) in [6.07, 6.45) is 2.53. The molecule has 0 aliphatic rings. The lowest BCUT2D eigenvalue weighted by molar-refractivity contribution is 0.0939. The quantitative estimate of drug-likeness (QED) is 0.708. The molecule has 0 fully saturated rings. The number of aromatic nitrogens is 1. The first-order valence-electron chi connectivity index (χ1n) is 8.63. The normalized spacial score (nSPS) is 11.8. The molecule has 1 atom stereocenters. The molecule has 0 saturated heterocycles. The highest BCUT2D eigenvalue weighted by Crippen LogP contribution is 2.29. The topological polar surface area (TPSA) is 64.4 Å². The van der Waals surface area contributed by atoms with Crippen LogP contribution in [-0.2, 0) is 0 Å². The highest BCUT2D eigenvalue weighted by Gasteiger charge is 2.18. The maximum absolute atomic E-state index is 12.6. The Hall–Kier alpha value is -3.08. The zero-order chi connectivity index (χ0) is 18.5. The third-order valence-corrected chi connectivity index (χ3v) is 4.25. The van der Waals surface area contributed by atoms with E-state index in [1.807, 2.05) is 56.3 Å². The molecule has 3 aromatic rings. The van der Waals surface area contributed by atoms with Gasteiger partial charge in [-0.2, -0.15) is 0 Å². The molecule has 26 heavy (non-hydrogen) atoms. The molecule has 0 aliphatic heterocycles. The van der Waals surface area contributed by atoms with E-state index in [0.29, 0.717) is 22.8 Å². The smallest absolute Gasteiger partial charge is 0.252 e. The number of oxazole rings is 1. The standard InChI is InChI=1S/C21H22N2O3/c1-4-14(2)23-20(24)17-10-5-6-11-18(17)21-22-13-19(26-21)15-8-7-9-16(12-15)25-3/h5-14H,4H2,1-3H3,(H,23,24)/t14-/m0/s1. The number of hydrogen-bond donors (Lipinski definition) is 1. The van der Waals surface area contributed by atoms with Crippen molar-refractivity contribution in [3.05, 3.63) is 60.3 Å². The Morgan fingerprint density at radius 2 is 2.04 bits per heavy atom. The fourth-order valence-electron chi connectivity index (χ4n) is 2.58. The van der Waals surface area contributed by atoms with Crippen LogP contribution in [0, 0.1) is 0 Å². The van der Waals surface area contributed by atoms with Gasteiger partial charge in [0.25, 0.3) is 5.91 Å². The zero-order valence-electron chi connectivity index (χ0n) is 15.2. The molecule has 0 spiro atoms. The predicted octanol–water partition coefficient (Wildman–Crippen LogP) is 4.55. The number of methoxy groups -OCH3 is 1. The van der Waals surface area contributed by atoms with Gasteiger partial charge in [0.1, 0.15) is 5.75 Å². The van der Waals surface area contributed by atoms with Crippen LogP contribution >= 0.6 is 0 Å². The van der Waals surface area contributed by atoms with Crippen molar-refractivity contribution < 1.29 is 13.9 Å². The molecule has 1 heterocycles. The van der Waals surface area contributed by atoms with Crippen LogP contribution in [0.2, 0.25) is 0 Å². The molecule has 0 aliphatic carbocycles. The van der Waals surface area contributed by atoms with Crippen LogP contribution < -0.4 is 10.1 Å². The summed E-state index contributed by atoms with van der Waals surface area (Å²) in [6.45, 7) is 4.01. The van der Waals surface area contributed by atoms with Crippen LogP contribution in [0.4, 0.5) is 0 Å². The van der Waals surface area contributed by atoms with Crippen molar-refractivity contribution in [1.82, 2.24) is 10.3 Å². The molecule has 0 bridgehead atoms. The van der Waals surface area contributed by atoms with Gasteiger partial charge in [-0.1, -0.05) is 31.2 Å². The second-order valence-electron chi connectivity index (χ2n) is 6.09. The number of rotatable bonds is 6. The summed E-state index contributed by atoms with van der Waals surface area (Å²) < 4.78 is 11.2. The minimum absolute atomic E-state index is 0.104. The number of hydrogen-bond acceptors (Lipinski definition) is 4. The van der Waals surface area contributed by atoms with E-state index < -0.39 is 0 Å². The lowest BCUT2D eigenvalue weighted by atomic mass is 10.1. The average Bonchev–Trinajstić information content (AvgIpc) is 3.18. The molecule has 134 valence electrons. The number of amides is 1. The van der Waals surface area contributed by atoms with Gasteiger partial charge in [-0.15, -0.1) is 0 Å². The van der Waals surface area contributed by atoms with Crippen molar-refractivity contribution in [1.29, 1.82) is 0 Å². The fourth-order valence-corrected chi connectivity index (χ4v) is 2.58. The van der Waals surface area contributed by atoms with Crippen molar-refractivity contribution in [3.8, 4) is 28.5 Å². The van der Waals surface area contributed by atoms with Gasteiger partial charge in [-0.05, 0) is 37.6 Å². The lowest BCUT2D eigenvalue weighted by Gasteiger charge is -2.12. The first-order chi connectivity index (χ1) is 12.6. The number of nitrogens with zero attached hydrogens (tertiary/aromatic N) is 1. The van der Waals surface area contributed by atoms with Crippen molar-refractivity contribution in [2.24, 2.45) is 0 Å². The number of benzene rings is 2. The molecule has 0 saturated carbocycles. The van der Waals surface area contributed by atoms with Gasteiger partial charge in [-0.3, -0.25) is 4.79 Å². The van der Waals surface area contributed by atoms with Crippen LogP contribution in [-0.4, -0.2) is 24.0 Å². The van der Waals surface area contributed by atoms with Gasteiger partial charge in [0.15, 0.2) is 5.76 Å². The molecule has 0 radical (unpaired) electrons. The maximum Gasteiger partial charge on any atom is 0.252 e. The second kappa shape index (κ2) is 7.87. The largest absolute Gasteiger partial charge is 0.497 e. The Bertz CT molecular complexity index is 902. The van der Waals surface area contributed by atoms with E-state index in [0.717, 1.165) is 17.7 Å². The van der Waals surface area contributed by atoms with Crippen molar-refractivity contribution in [2.45, 2.75) is 26.3 Å². The molecular weight excluding hydrogens is 328 g/mol. The fraction of sp³-hybridized carbons (Fsp3) is 0.238. The summed E-state index contributed by atoms with van der Waals surface area (Å²) in [6, 6.07) is 15.0. The Morgan fingerprint density at radius 3 is 2.81 bits per heavy atom. The van der Waals surface area contributed by atoms with E-state index >= 15 is 0 Å². The van der Waals surface area contributed by atoms with Gasteiger partial charge in [0, 0.05) is 17.2 Å². The van der Waals surface area contributed by atoms with Crippen molar-refractivity contribution in [2.75, 3.05) is 7.11 Å². The third-order valence-electron chi connectivity index (χ3n) is 4.25. The molecule has 2 aromatic carbocycles. The maximum atomic E-state index is 12.6. The highest BCUT2D eigenvalue weighted by atomic mass is 16.5. The summed E-state index contributed by atoms with van der Waals surface area (Å²) in [5.41, 5.74) is 2.08. The molecule has 5 heteroatoms. The minimum atomic E-state index is -0.129. The molecule has 0 unspecified atom stereocenters. The summed E-state index contributed by atoms with van der Waals surface area (Å²) in [7, 11) is 1.62. The average molecular weight is 350 g/mol. The van der Waals surface area contributed by atoms with Crippen LogP contribution in [0.25, 0.3) is 22.8 Å². The van der Waals surface area contributed by atoms with Crippen molar-refractivity contribution in [3.63, 3.8) is 0 Å². The van der Waals surface area contributed by atoms with E-state index in [4.69, 9.17) is 9.15 Å². The van der Waals surface area contributed by atoms with E-state index in [1.165, 1.54) is 0 Å². The van der Waals surface area contributed by atoms with Gasteiger partial charge in [0.2, 0.25) is 5.89 Å². The Kier molecular flexibility index (Phi) is 5.37. The highest BCUT2D eigenvalue weighted by molar-refractivity contribution is 6.00. The SMILES string of the molecule is CC[C@H](C)NC(=O)c1ccccc1-c1ncc(-c2cccc(OC)c2)o1. The second-order valence-corrected chi connectivity index (χ2v) is 6.09. The predicted molar refractivity (Wildman–Crippen MR) is 101 cm³/mol. The zero-order valence-corrected chi connectivity index (χ0v) is 15.2. The Balaban J connectivity index is 1.93. The van der Waals surface area contributed by atoms with Gasteiger partial charge >= 0.3 is 0 Å². The Morgan fingerprint density at radius 1 is 1.23 bits per heavy atom. The first kappa shape index (κ1) is 17.7. The monoisotopic (exact) mass is 350 g/mol. The van der Waals surface area contributed by atoms with E-state index in [9.17, 15) is 4.79 Å². The summed E-state index contributed by atoms with van der Waals surface area (Å²) in [5.74, 6) is 1.65. The first-order valence-corrected chi connectivity index (χ1v) is 8.63. The van der Waals surface area contributed by atoms with Gasteiger partial charge in [-0.25, -0.2) is 4.98 Å². The molecule has 1 amide bonds. The molecule has 5 nitrogen and oxygen atoms in total. The van der Waals surface area contributed by atoms with Crippen LogP contribution in [0.1, 0.15) is 30.6 Å². The van der Waals surface area contributed by atoms with Crippen LogP contribution in [0.15, 0.2) is 59.1 Å². The molecular formula is C21H22N2O3. The summed E-state index contributed by atoms with van der Waals surface area (Å²) in [5, 5.41) is 2.98. The van der Waals surface area contributed by atoms with Gasteiger partial charge < -0.3 is 14.5 Å². The number of ether oxygens (including phenoxy) is 1. The van der Waals surface area contributed by atoms with Crippen molar-refractivity contribution >= 4 is 5.91 Å². The van der Waals surface area contributed by atoms with E-state index in [1.54, 1.807) is 19.4 Å². The minimum Gasteiger partial charge on any atom is -0.497 e. The van der Waals surface area contributed by atoms with E-state index in [2.05, 4.69) is 10.3 Å². The molecule has 1 aromatic heterocycles. The third kappa shape index (κ3) is 3.77. The molecule has 3 rings (SSSR count). The van der Waals surface area contributed by atoms with Gasteiger partial charge in [0.05, 0.1) is 18.9 Å². The summed E-state index contributed by atoms with van der Waals surface area (Å²) >= 11 is 0. The molecule has 1 N–H and O–H groups in total. The lowest BCUT2D eigenvalue weighted by Crippen LogP contribution is -2.32. The Labute approximate surface area is 153 Å². The number of carbonyl (C=O) groups excluding carboxylic acids is 1. The summed E-state index contributed by atoms with van der Waals surface area (Å²) in [4.78, 5) is 16.9. The van der Waals surface area contributed by atoms with Crippen LogP contribution in [0.5, 0.6) is 5.75 Å². The number of carbonyl (C=O) groups is 1. The number of nitrogens with one attached hydrogen (secondary N) is 1.